The van der Waals surface area contributed by atoms with Gasteiger partial charge in [0.25, 0.3) is 5.91 Å². The Hall–Kier alpha value is -1.32. The summed E-state index contributed by atoms with van der Waals surface area (Å²) in [6.07, 6.45) is 3.59. The van der Waals surface area contributed by atoms with Gasteiger partial charge in [-0.1, -0.05) is 35.9 Å². The van der Waals surface area contributed by atoms with Crippen molar-refractivity contribution in [2.24, 2.45) is 0 Å². The first-order chi connectivity index (χ1) is 8.25. The van der Waals surface area contributed by atoms with Gasteiger partial charge in [0, 0.05) is 18.1 Å². The van der Waals surface area contributed by atoms with E-state index in [1.54, 1.807) is 4.90 Å². The van der Waals surface area contributed by atoms with Crippen LogP contribution in [0.4, 0.5) is 0 Å². The molecule has 2 aliphatic heterocycles. The first-order valence-corrected chi connectivity index (χ1v) is 5.98. The highest BCUT2D eigenvalue weighted by atomic mass is 35.5. The highest BCUT2D eigenvalue weighted by molar-refractivity contribution is 6.30. The number of epoxide rings is 1. The molecule has 1 saturated heterocycles. The van der Waals surface area contributed by atoms with Gasteiger partial charge in [-0.15, -0.1) is 0 Å². The van der Waals surface area contributed by atoms with Gasteiger partial charge in [0.15, 0.2) is 6.10 Å². The van der Waals surface area contributed by atoms with Gasteiger partial charge in [-0.25, -0.2) is 0 Å². The maximum absolute atomic E-state index is 12.0. The third-order valence-electron chi connectivity index (χ3n) is 3.06. The van der Waals surface area contributed by atoms with Gasteiger partial charge >= 0.3 is 0 Å². The van der Waals surface area contributed by atoms with Crippen LogP contribution in [0.2, 0.25) is 5.02 Å². The first kappa shape index (κ1) is 10.8. The predicted molar refractivity (Wildman–Crippen MR) is 64.8 cm³/mol. The second-order valence-electron chi connectivity index (χ2n) is 4.24. The summed E-state index contributed by atoms with van der Waals surface area (Å²) in [5.74, 6) is 0.0787. The molecule has 0 spiro atoms. The van der Waals surface area contributed by atoms with Crippen molar-refractivity contribution < 1.29 is 9.53 Å². The molecule has 0 N–H and O–H groups in total. The van der Waals surface area contributed by atoms with Crippen LogP contribution in [0.3, 0.4) is 0 Å². The van der Waals surface area contributed by atoms with Crippen LogP contribution in [0.1, 0.15) is 11.7 Å². The molecule has 1 fully saturated rings. The lowest BCUT2D eigenvalue weighted by molar-refractivity contribution is -0.131. The Balaban J connectivity index is 1.66. The number of benzene rings is 1. The largest absolute Gasteiger partial charge is 0.354 e. The van der Waals surface area contributed by atoms with Crippen LogP contribution in [-0.2, 0) is 9.53 Å². The lowest BCUT2D eigenvalue weighted by Gasteiger charge is -2.13. The zero-order valence-electron chi connectivity index (χ0n) is 9.17. The molecule has 0 aromatic heterocycles. The molecule has 2 aliphatic rings. The summed E-state index contributed by atoms with van der Waals surface area (Å²) in [4.78, 5) is 13.8. The van der Waals surface area contributed by atoms with Gasteiger partial charge in [0.05, 0.1) is 0 Å². The Morgan fingerprint density at radius 1 is 1.24 bits per heavy atom. The van der Waals surface area contributed by atoms with E-state index in [2.05, 4.69) is 0 Å². The summed E-state index contributed by atoms with van der Waals surface area (Å²) in [6, 6.07) is 7.44. The molecule has 1 aromatic carbocycles. The van der Waals surface area contributed by atoms with Crippen LogP contribution in [0.25, 0.3) is 0 Å². The molecule has 3 rings (SSSR count). The zero-order chi connectivity index (χ0) is 11.8. The molecule has 1 amide bonds. The van der Waals surface area contributed by atoms with Crippen molar-refractivity contribution in [3.63, 3.8) is 0 Å². The van der Waals surface area contributed by atoms with Gasteiger partial charge in [-0.2, -0.15) is 0 Å². The second kappa shape index (κ2) is 4.17. The number of halogens is 1. The Labute approximate surface area is 105 Å². The fourth-order valence-electron chi connectivity index (χ4n) is 2.04. The molecule has 4 heteroatoms. The summed E-state index contributed by atoms with van der Waals surface area (Å²) in [6.45, 7) is 1.40. The molecular formula is C13H12ClNO2. The topological polar surface area (TPSA) is 32.8 Å². The minimum absolute atomic E-state index is 0.0787. The molecule has 1 aromatic rings. The summed E-state index contributed by atoms with van der Waals surface area (Å²) in [5, 5.41) is 0.695. The van der Waals surface area contributed by atoms with E-state index in [4.69, 9.17) is 16.3 Å². The van der Waals surface area contributed by atoms with Gasteiger partial charge in [0.2, 0.25) is 0 Å². The quantitative estimate of drug-likeness (QED) is 0.595. The SMILES string of the molecule is O=C([C@@H]1O[C@H]1c1ccc(Cl)cc1)N1CC=CC1. The number of nitrogens with zero attached hydrogens (tertiary/aromatic N) is 1. The molecule has 88 valence electrons. The number of amides is 1. The normalized spacial score (nSPS) is 26.3. The van der Waals surface area contributed by atoms with Crippen LogP contribution in [0.15, 0.2) is 36.4 Å². The molecule has 0 bridgehead atoms. The average Bonchev–Trinajstić information content (AvgIpc) is 2.94. The van der Waals surface area contributed by atoms with Crippen molar-refractivity contribution in [3.05, 3.63) is 47.0 Å². The maximum Gasteiger partial charge on any atom is 0.255 e. The van der Waals surface area contributed by atoms with Gasteiger partial charge in [-0.05, 0) is 17.7 Å². The van der Waals surface area contributed by atoms with E-state index >= 15 is 0 Å². The molecule has 17 heavy (non-hydrogen) atoms. The third-order valence-corrected chi connectivity index (χ3v) is 3.32. The minimum atomic E-state index is -0.309. The van der Waals surface area contributed by atoms with E-state index < -0.39 is 0 Å². The van der Waals surface area contributed by atoms with E-state index in [1.165, 1.54) is 0 Å². The van der Waals surface area contributed by atoms with E-state index in [0.717, 1.165) is 5.56 Å². The van der Waals surface area contributed by atoms with E-state index in [1.807, 2.05) is 36.4 Å². The summed E-state index contributed by atoms with van der Waals surface area (Å²) in [7, 11) is 0. The second-order valence-corrected chi connectivity index (χ2v) is 4.68. The summed E-state index contributed by atoms with van der Waals surface area (Å²) in [5.41, 5.74) is 1.01. The van der Waals surface area contributed by atoms with Crippen molar-refractivity contribution in [2.45, 2.75) is 12.2 Å². The van der Waals surface area contributed by atoms with E-state index in [9.17, 15) is 4.79 Å². The summed E-state index contributed by atoms with van der Waals surface area (Å²) >= 11 is 5.82. The van der Waals surface area contributed by atoms with Crippen molar-refractivity contribution in [3.8, 4) is 0 Å². The molecule has 2 atom stereocenters. The van der Waals surface area contributed by atoms with Gasteiger partial charge in [0.1, 0.15) is 6.10 Å². The van der Waals surface area contributed by atoms with Crippen LogP contribution >= 0.6 is 11.6 Å². The van der Waals surface area contributed by atoms with Crippen molar-refractivity contribution in [2.75, 3.05) is 13.1 Å². The van der Waals surface area contributed by atoms with Crippen molar-refractivity contribution in [1.29, 1.82) is 0 Å². The molecule has 3 nitrogen and oxygen atoms in total. The van der Waals surface area contributed by atoms with Crippen LogP contribution in [-0.4, -0.2) is 30.0 Å². The predicted octanol–water partition coefficient (Wildman–Crippen LogP) is 2.18. The standard InChI is InChI=1S/C13H12ClNO2/c14-10-5-3-9(4-6-10)11-12(17-11)13(16)15-7-1-2-8-15/h1-6,11-12H,7-8H2/t11-,12+/m0/s1. The first-order valence-electron chi connectivity index (χ1n) is 5.60. The fourth-order valence-corrected chi connectivity index (χ4v) is 2.17. The maximum atomic E-state index is 12.0. The van der Waals surface area contributed by atoms with Crippen molar-refractivity contribution >= 4 is 17.5 Å². The molecule has 2 heterocycles. The molecule has 0 saturated carbocycles. The van der Waals surface area contributed by atoms with Crippen LogP contribution in [0, 0.1) is 0 Å². The number of carbonyl (C=O) groups excluding carboxylic acids is 1. The van der Waals surface area contributed by atoms with E-state index in [0.29, 0.717) is 18.1 Å². The number of ether oxygens (including phenoxy) is 1. The van der Waals surface area contributed by atoms with Gasteiger partial charge in [-0.3, -0.25) is 4.79 Å². The molecular weight excluding hydrogens is 238 g/mol. The zero-order valence-corrected chi connectivity index (χ0v) is 9.93. The van der Waals surface area contributed by atoms with Crippen LogP contribution in [0.5, 0.6) is 0 Å². The Morgan fingerprint density at radius 3 is 2.53 bits per heavy atom. The number of hydrogen-bond donors (Lipinski definition) is 0. The molecule has 0 radical (unpaired) electrons. The number of hydrogen-bond acceptors (Lipinski definition) is 2. The Morgan fingerprint density at radius 2 is 1.88 bits per heavy atom. The Kier molecular flexibility index (Phi) is 2.65. The monoisotopic (exact) mass is 249 g/mol. The average molecular weight is 250 g/mol. The Bertz CT molecular complexity index is 461. The number of carbonyl (C=O) groups is 1. The van der Waals surface area contributed by atoms with Gasteiger partial charge < -0.3 is 9.64 Å². The fraction of sp³-hybridized carbons (Fsp3) is 0.308. The van der Waals surface area contributed by atoms with Crippen molar-refractivity contribution in [1.82, 2.24) is 4.90 Å². The molecule has 0 aliphatic carbocycles. The molecule has 0 unspecified atom stereocenters. The smallest absolute Gasteiger partial charge is 0.255 e. The van der Waals surface area contributed by atoms with Crippen LogP contribution < -0.4 is 0 Å². The minimum Gasteiger partial charge on any atom is -0.354 e. The van der Waals surface area contributed by atoms with E-state index in [-0.39, 0.29) is 18.1 Å². The summed E-state index contributed by atoms with van der Waals surface area (Å²) < 4.78 is 5.46. The highest BCUT2D eigenvalue weighted by Crippen LogP contribution is 2.40. The lowest BCUT2D eigenvalue weighted by Crippen LogP contribution is -2.32. The number of rotatable bonds is 2. The third kappa shape index (κ3) is 2.08. The highest BCUT2D eigenvalue weighted by Gasteiger charge is 2.47. The lowest BCUT2D eigenvalue weighted by atomic mass is 10.1.